The van der Waals surface area contributed by atoms with Crippen molar-refractivity contribution in [1.29, 1.82) is 0 Å². The van der Waals surface area contributed by atoms with Crippen LogP contribution in [0.15, 0.2) is 36.5 Å². The molecule has 0 saturated carbocycles. The van der Waals surface area contributed by atoms with Gasteiger partial charge in [-0.25, -0.2) is 24.1 Å². The number of urea groups is 1. The Morgan fingerprint density at radius 2 is 2.11 bits per heavy atom. The van der Waals surface area contributed by atoms with Crippen molar-refractivity contribution in [2.75, 3.05) is 23.3 Å². The molecule has 0 aliphatic rings. The van der Waals surface area contributed by atoms with Crippen molar-refractivity contribution in [3.05, 3.63) is 36.5 Å². The Morgan fingerprint density at radius 3 is 2.86 bits per heavy atom. The lowest BCUT2D eigenvalue weighted by Crippen LogP contribution is -2.34. The van der Waals surface area contributed by atoms with Crippen LogP contribution in [0, 0.1) is 0 Å². The number of carbonyl (C=O) groups excluding carboxylic acids is 1. The van der Waals surface area contributed by atoms with Gasteiger partial charge in [0.2, 0.25) is 0 Å². The Morgan fingerprint density at radius 1 is 1.29 bits per heavy atom. The predicted octanol–water partition coefficient (Wildman–Crippen LogP) is 3.25. The fraction of sp³-hybridized carbons (Fsp3) is 0.222. The second-order valence-electron chi connectivity index (χ2n) is 5.82. The van der Waals surface area contributed by atoms with E-state index in [1.165, 1.54) is 13.2 Å². The molecule has 3 rings (SSSR count). The van der Waals surface area contributed by atoms with Crippen LogP contribution in [0.3, 0.4) is 0 Å². The third-order valence-electron chi connectivity index (χ3n) is 3.78. The van der Waals surface area contributed by atoms with Crippen molar-refractivity contribution < 1.29 is 14.6 Å². The number of amides is 2. The van der Waals surface area contributed by atoms with E-state index in [2.05, 4.69) is 38.4 Å². The molecule has 1 aromatic carbocycles. The van der Waals surface area contributed by atoms with Crippen LogP contribution in [-0.2, 0) is 0 Å². The fourth-order valence-corrected chi connectivity index (χ4v) is 2.56. The molecule has 2 amide bonds. The fourth-order valence-electron chi connectivity index (χ4n) is 2.38. The van der Waals surface area contributed by atoms with E-state index in [9.17, 15) is 9.90 Å². The zero-order valence-electron chi connectivity index (χ0n) is 15.4. The van der Waals surface area contributed by atoms with E-state index < -0.39 is 0 Å². The van der Waals surface area contributed by atoms with E-state index in [1.54, 1.807) is 30.5 Å². The highest BCUT2D eigenvalue weighted by atomic mass is 32.1. The summed E-state index contributed by atoms with van der Waals surface area (Å²) in [7, 11) is 1.47. The van der Waals surface area contributed by atoms with Gasteiger partial charge in [0.25, 0.3) is 0 Å². The molecular weight excluding hydrogens is 380 g/mol. The number of fused-ring (bicyclic) bond motifs is 1. The molecule has 0 bridgehead atoms. The number of aromatic hydroxyl groups is 1. The molecule has 2 aromatic heterocycles. The third kappa shape index (κ3) is 4.34. The highest BCUT2D eigenvalue weighted by Crippen LogP contribution is 2.30. The summed E-state index contributed by atoms with van der Waals surface area (Å²) in [5.41, 5.74) is 1.60. The van der Waals surface area contributed by atoms with Crippen LogP contribution in [0.4, 0.5) is 22.1 Å². The molecule has 9 nitrogen and oxygen atoms in total. The molecule has 0 spiro atoms. The number of phenolic OH excluding ortho intramolecular Hbond substituents is 1. The van der Waals surface area contributed by atoms with Crippen molar-refractivity contribution in [1.82, 2.24) is 20.3 Å². The largest absolute Gasteiger partial charge is 0.504 e. The van der Waals surface area contributed by atoms with Crippen molar-refractivity contribution in [2.45, 2.75) is 13.3 Å². The van der Waals surface area contributed by atoms with Gasteiger partial charge in [-0.05, 0) is 30.7 Å². The Bertz CT molecular complexity index is 1000. The van der Waals surface area contributed by atoms with Crippen LogP contribution in [0.5, 0.6) is 11.5 Å². The second-order valence-corrected chi connectivity index (χ2v) is 6.22. The van der Waals surface area contributed by atoms with Gasteiger partial charge >= 0.3 is 6.03 Å². The summed E-state index contributed by atoms with van der Waals surface area (Å²) in [5, 5.41) is 15.5. The van der Waals surface area contributed by atoms with Crippen LogP contribution in [0.2, 0.25) is 0 Å². The summed E-state index contributed by atoms with van der Waals surface area (Å²) in [5.74, 6) is 1.16. The molecule has 2 heterocycles. The number of carbonyl (C=O) groups is 1. The van der Waals surface area contributed by atoms with Crippen molar-refractivity contribution in [2.24, 2.45) is 0 Å². The minimum Gasteiger partial charge on any atom is -0.504 e. The van der Waals surface area contributed by atoms with Crippen LogP contribution in [0.25, 0.3) is 11.2 Å². The van der Waals surface area contributed by atoms with E-state index in [0.29, 0.717) is 40.8 Å². The normalized spacial score (nSPS) is 10.5. The second kappa shape index (κ2) is 8.61. The maximum Gasteiger partial charge on any atom is 0.333 e. The van der Waals surface area contributed by atoms with Crippen LogP contribution in [-0.4, -0.2) is 39.7 Å². The smallest absolute Gasteiger partial charge is 0.333 e. The highest BCUT2D eigenvalue weighted by molar-refractivity contribution is 7.82. The lowest BCUT2D eigenvalue weighted by Gasteiger charge is -2.15. The number of hydrogen-bond donors (Lipinski definition) is 4. The molecule has 0 atom stereocenters. The predicted molar refractivity (Wildman–Crippen MR) is 110 cm³/mol. The summed E-state index contributed by atoms with van der Waals surface area (Å²) in [6, 6.07) is 7.83. The number of nitrogens with one attached hydrogen (secondary N) is 2. The van der Waals surface area contributed by atoms with E-state index in [0.717, 1.165) is 10.7 Å². The number of pyridine rings is 1. The summed E-state index contributed by atoms with van der Waals surface area (Å²) >= 11 is 4.21. The summed E-state index contributed by atoms with van der Waals surface area (Å²) in [6.45, 7) is 2.51. The highest BCUT2D eigenvalue weighted by Gasteiger charge is 2.14. The summed E-state index contributed by atoms with van der Waals surface area (Å²) in [6.07, 6.45) is 2.39. The number of thiol groups is 1. The van der Waals surface area contributed by atoms with Gasteiger partial charge in [0.15, 0.2) is 23.0 Å². The third-order valence-corrected chi connectivity index (χ3v) is 4.17. The Hall–Kier alpha value is -3.27. The van der Waals surface area contributed by atoms with E-state index in [1.807, 2.05) is 6.92 Å². The Kier molecular flexibility index (Phi) is 5.99. The standard InChI is InChI=1S/C18H20N6O3S/c1-3-8-19-18(26)24(28)16-7-5-12-17(23-16)22-15(10-20-12)21-11-4-6-13(25)14(9-11)27-2/h4-7,9-10,25,28H,3,8H2,1-2H3,(H,19,26)(H,21,22,23). The first-order chi connectivity index (χ1) is 13.5. The number of aromatic nitrogens is 3. The van der Waals surface area contributed by atoms with Gasteiger partial charge < -0.3 is 20.5 Å². The van der Waals surface area contributed by atoms with Crippen molar-refractivity contribution in [3.63, 3.8) is 0 Å². The zero-order chi connectivity index (χ0) is 20.1. The molecular formula is C18H20N6O3S. The van der Waals surface area contributed by atoms with E-state index in [4.69, 9.17) is 4.74 Å². The quantitative estimate of drug-likeness (QED) is 0.371. The van der Waals surface area contributed by atoms with Gasteiger partial charge in [-0.2, -0.15) is 0 Å². The number of rotatable bonds is 6. The van der Waals surface area contributed by atoms with Gasteiger partial charge in [0.05, 0.1) is 13.3 Å². The zero-order valence-corrected chi connectivity index (χ0v) is 16.3. The number of benzene rings is 1. The topological polar surface area (TPSA) is 113 Å². The van der Waals surface area contributed by atoms with Crippen molar-refractivity contribution >= 4 is 47.3 Å². The van der Waals surface area contributed by atoms with Gasteiger partial charge in [-0.3, -0.25) is 0 Å². The number of nitrogens with zero attached hydrogens (tertiary/aromatic N) is 4. The number of hydrogen-bond acceptors (Lipinski definition) is 8. The maximum absolute atomic E-state index is 12.1. The van der Waals surface area contributed by atoms with Gasteiger partial charge in [0.1, 0.15) is 11.3 Å². The Labute approximate surface area is 167 Å². The number of anilines is 3. The average molecular weight is 400 g/mol. The minimum absolute atomic E-state index is 0.0409. The van der Waals surface area contributed by atoms with Crippen LogP contribution >= 0.6 is 12.8 Å². The van der Waals surface area contributed by atoms with Gasteiger partial charge in [-0.15, -0.1) is 0 Å². The van der Waals surface area contributed by atoms with Gasteiger partial charge in [-0.1, -0.05) is 19.7 Å². The molecule has 3 N–H and O–H groups in total. The SMILES string of the molecule is CCCNC(=O)N(S)c1ccc2ncc(Nc3ccc(O)c(OC)c3)nc2n1. The first-order valence-corrected chi connectivity index (χ1v) is 8.96. The number of phenols is 1. The monoisotopic (exact) mass is 400 g/mol. The van der Waals surface area contributed by atoms with E-state index in [-0.39, 0.29) is 11.8 Å². The molecule has 0 saturated heterocycles. The number of ether oxygens (including phenoxy) is 1. The van der Waals surface area contributed by atoms with E-state index >= 15 is 0 Å². The lowest BCUT2D eigenvalue weighted by molar-refractivity contribution is 0.250. The number of methoxy groups -OCH3 is 1. The molecule has 0 fully saturated rings. The van der Waals surface area contributed by atoms with Crippen molar-refractivity contribution in [3.8, 4) is 11.5 Å². The molecule has 0 aliphatic carbocycles. The first-order valence-electron chi connectivity index (χ1n) is 8.56. The molecule has 28 heavy (non-hydrogen) atoms. The summed E-state index contributed by atoms with van der Waals surface area (Å²) in [4.78, 5) is 25.2. The molecule has 0 aliphatic heterocycles. The molecule has 0 radical (unpaired) electrons. The molecule has 10 heteroatoms. The maximum atomic E-state index is 12.1. The Balaban J connectivity index is 1.85. The molecule has 0 unspecified atom stereocenters. The molecule has 3 aromatic rings. The minimum atomic E-state index is -0.365. The first kappa shape index (κ1) is 19.5. The van der Waals surface area contributed by atoms with Gasteiger partial charge in [0, 0.05) is 18.3 Å². The summed E-state index contributed by atoms with van der Waals surface area (Å²) < 4.78 is 6.22. The lowest BCUT2D eigenvalue weighted by atomic mass is 10.2. The average Bonchev–Trinajstić information content (AvgIpc) is 2.72. The molecule has 146 valence electrons. The van der Waals surface area contributed by atoms with Crippen LogP contribution < -0.4 is 19.7 Å². The van der Waals surface area contributed by atoms with Crippen LogP contribution in [0.1, 0.15) is 13.3 Å².